The Morgan fingerprint density at radius 1 is 1.19 bits per heavy atom. The predicted molar refractivity (Wildman–Crippen MR) is 103 cm³/mol. The van der Waals surface area contributed by atoms with E-state index in [-0.39, 0.29) is 5.91 Å². The number of halogens is 1. The lowest BCUT2D eigenvalue weighted by Crippen LogP contribution is -2.25. The summed E-state index contributed by atoms with van der Waals surface area (Å²) in [5.74, 6) is 0.443. The highest BCUT2D eigenvalue weighted by Crippen LogP contribution is 2.20. The molecule has 0 spiro atoms. The van der Waals surface area contributed by atoms with Crippen LogP contribution in [0.15, 0.2) is 59.3 Å². The maximum atomic E-state index is 12.3. The van der Waals surface area contributed by atoms with Gasteiger partial charge in [0.05, 0.1) is 6.20 Å². The third-order valence-corrected chi connectivity index (χ3v) is 4.43. The van der Waals surface area contributed by atoms with Gasteiger partial charge in [-0.25, -0.2) is 4.98 Å². The number of benzene rings is 2. The number of aromatic amines is 1. The highest BCUT2D eigenvalue weighted by Gasteiger charge is 2.11. The molecule has 27 heavy (non-hydrogen) atoms. The fraction of sp³-hybridized carbons (Fsp3) is 0.150. The van der Waals surface area contributed by atoms with E-state index in [0.717, 1.165) is 23.1 Å². The summed E-state index contributed by atoms with van der Waals surface area (Å²) in [5.41, 5.74) is 3.93. The topological polar surface area (TPSA) is 83.8 Å². The molecule has 0 bridgehead atoms. The van der Waals surface area contributed by atoms with Gasteiger partial charge < -0.3 is 9.73 Å². The van der Waals surface area contributed by atoms with E-state index in [9.17, 15) is 4.79 Å². The van der Waals surface area contributed by atoms with E-state index in [2.05, 4.69) is 20.5 Å². The molecule has 0 saturated heterocycles. The van der Waals surface area contributed by atoms with Gasteiger partial charge in [-0.15, -0.1) is 0 Å². The second-order valence-electron chi connectivity index (χ2n) is 6.21. The maximum absolute atomic E-state index is 12.3. The number of rotatable bonds is 6. The summed E-state index contributed by atoms with van der Waals surface area (Å²) in [7, 11) is 0. The van der Waals surface area contributed by atoms with Crippen LogP contribution in [-0.4, -0.2) is 27.6 Å². The molecule has 0 aliphatic carbocycles. The Morgan fingerprint density at radius 2 is 2.11 bits per heavy atom. The van der Waals surface area contributed by atoms with E-state index < -0.39 is 0 Å². The molecule has 2 aromatic heterocycles. The number of hydrogen-bond acceptors (Lipinski definition) is 4. The SMILES string of the molecule is O=C(NCCc1cn[nH]c1)c1ccc2nc(Cc3cccc(Cl)c3)oc2c1. The first-order valence-electron chi connectivity index (χ1n) is 8.57. The molecule has 2 heterocycles. The number of nitrogens with zero attached hydrogens (tertiary/aromatic N) is 2. The van der Waals surface area contributed by atoms with E-state index in [1.54, 1.807) is 24.4 Å². The van der Waals surface area contributed by atoms with Gasteiger partial charge in [-0.1, -0.05) is 23.7 Å². The van der Waals surface area contributed by atoms with Crippen LogP contribution in [0.1, 0.15) is 27.4 Å². The van der Waals surface area contributed by atoms with Crippen LogP contribution in [-0.2, 0) is 12.8 Å². The zero-order valence-electron chi connectivity index (χ0n) is 14.4. The second-order valence-corrected chi connectivity index (χ2v) is 6.65. The number of oxazole rings is 1. The average molecular weight is 381 g/mol. The van der Waals surface area contributed by atoms with Crippen LogP contribution in [0.4, 0.5) is 0 Å². The molecule has 0 fully saturated rings. The number of amides is 1. The van der Waals surface area contributed by atoms with Gasteiger partial charge >= 0.3 is 0 Å². The lowest BCUT2D eigenvalue weighted by Gasteiger charge is -2.03. The first-order valence-corrected chi connectivity index (χ1v) is 8.95. The Morgan fingerprint density at radius 3 is 2.93 bits per heavy atom. The monoisotopic (exact) mass is 380 g/mol. The summed E-state index contributed by atoms with van der Waals surface area (Å²) < 4.78 is 5.82. The molecule has 136 valence electrons. The van der Waals surface area contributed by atoms with E-state index in [1.165, 1.54) is 0 Å². The van der Waals surface area contributed by atoms with Crippen LogP contribution in [0.2, 0.25) is 5.02 Å². The fourth-order valence-electron chi connectivity index (χ4n) is 2.85. The Bertz CT molecular complexity index is 1070. The Hall–Kier alpha value is -3.12. The molecule has 1 amide bonds. The predicted octanol–water partition coefficient (Wildman–Crippen LogP) is 3.77. The van der Waals surface area contributed by atoms with Gasteiger partial charge in [0.1, 0.15) is 5.52 Å². The van der Waals surface area contributed by atoms with Crippen molar-refractivity contribution in [2.45, 2.75) is 12.8 Å². The third kappa shape index (κ3) is 4.17. The van der Waals surface area contributed by atoms with E-state index in [0.29, 0.717) is 35.0 Å². The lowest BCUT2D eigenvalue weighted by atomic mass is 10.1. The van der Waals surface area contributed by atoms with Gasteiger partial charge in [0.2, 0.25) is 0 Å². The van der Waals surface area contributed by atoms with Crippen molar-refractivity contribution < 1.29 is 9.21 Å². The number of carbonyl (C=O) groups is 1. The van der Waals surface area contributed by atoms with E-state index >= 15 is 0 Å². The lowest BCUT2D eigenvalue weighted by molar-refractivity contribution is 0.0954. The molecule has 7 heteroatoms. The summed E-state index contributed by atoms with van der Waals surface area (Å²) in [4.78, 5) is 16.8. The first kappa shape index (κ1) is 17.3. The Balaban J connectivity index is 1.44. The number of aromatic nitrogens is 3. The molecule has 0 radical (unpaired) electrons. The number of carbonyl (C=O) groups excluding carboxylic acids is 1. The summed E-state index contributed by atoms with van der Waals surface area (Å²) in [5, 5.41) is 10.2. The Labute approximate surface area is 160 Å². The third-order valence-electron chi connectivity index (χ3n) is 4.19. The zero-order valence-corrected chi connectivity index (χ0v) is 15.2. The molecule has 4 rings (SSSR count). The van der Waals surface area contributed by atoms with Crippen molar-refractivity contribution in [1.82, 2.24) is 20.5 Å². The zero-order chi connectivity index (χ0) is 18.6. The van der Waals surface area contributed by atoms with Crippen molar-refractivity contribution in [3.8, 4) is 0 Å². The van der Waals surface area contributed by atoms with Crippen LogP contribution in [0, 0.1) is 0 Å². The molecule has 0 unspecified atom stereocenters. The molecule has 0 aliphatic rings. The molecule has 2 aromatic carbocycles. The quantitative estimate of drug-likeness (QED) is 0.533. The van der Waals surface area contributed by atoms with Crippen molar-refractivity contribution in [1.29, 1.82) is 0 Å². The van der Waals surface area contributed by atoms with Gasteiger partial charge in [-0.05, 0) is 47.9 Å². The van der Waals surface area contributed by atoms with Gasteiger partial charge in [0.15, 0.2) is 11.5 Å². The summed E-state index contributed by atoms with van der Waals surface area (Å²) in [6.45, 7) is 0.535. The van der Waals surface area contributed by atoms with Crippen LogP contribution < -0.4 is 5.32 Å². The molecule has 0 aliphatic heterocycles. The van der Waals surface area contributed by atoms with Crippen LogP contribution in [0.5, 0.6) is 0 Å². The van der Waals surface area contributed by atoms with Crippen LogP contribution in [0.25, 0.3) is 11.1 Å². The summed E-state index contributed by atoms with van der Waals surface area (Å²) in [6, 6.07) is 12.8. The standard InChI is InChI=1S/C20H17ClN4O2/c21-16-3-1-2-13(8-16)9-19-25-17-5-4-15(10-18(17)27-19)20(26)22-7-6-14-11-23-24-12-14/h1-5,8,10-12H,6-7,9H2,(H,22,26)(H,23,24). The number of hydrogen-bond donors (Lipinski definition) is 2. The minimum Gasteiger partial charge on any atom is -0.440 e. The van der Waals surface area contributed by atoms with Gasteiger partial charge in [-0.2, -0.15) is 5.10 Å². The van der Waals surface area contributed by atoms with Crippen molar-refractivity contribution in [2.24, 2.45) is 0 Å². The molecule has 0 saturated carbocycles. The normalized spacial score (nSPS) is 11.0. The number of H-pyrrole nitrogens is 1. The molecule has 6 nitrogen and oxygen atoms in total. The smallest absolute Gasteiger partial charge is 0.251 e. The van der Waals surface area contributed by atoms with Crippen LogP contribution >= 0.6 is 11.6 Å². The minimum atomic E-state index is -0.145. The van der Waals surface area contributed by atoms with Crippen molar-refractivity contribution in [3.63, 3.8) is 0 Å². The van der Waals surface area contributed by atoms with E-state index in [1.807, 2.05) is 30.5 Å². The molecular weight excluding hydrogens is 364 g/mol. The second kappa shape index (κ2) is 7.63. The van der Waals surface area contributed by atoms with E-state index in [4.69, 9.17) is 16.0 Å². The largest absolute Gasteiger partial charge is 0.440 e. The Kier molecular flexibility index (Phi) is 4.89. The highest BCUT2D eigenvalue weighted by atomic mass is 35.5. The first-order chi connectivity index (χ1) is 13.2. The van der Waals surface area contributed by atoms with Crippen molar-refractivity contribution in [2.75, 3.05) is 6.54 Å². The van der Waals surface area contributed by atoms with Crippen LogP contribution in [0.3, 0.4) is 0 Å². The molecule has 4 aromatic rings. The summed E-state index contributed by atoms with van der Waals surface area (Å²) in [6.07, 6.45) is 4.82. The maximum Gasteiger partial charge on any atom is 0.251 e. The minimum absolute atomic E-state index is 0.145. The van der Waals surface area contributed by atoms with Crippen molar-refractivity contribution >= 4 is 28.6 Å². The number of fused-ring (bicyclic) bond motifs is 1. The van der Waals surface area contributed by atoms with Crippen molar-refractivity contribution in [3.05, 3.63) is 82.5 Å². The average Bonchev–Trinajstić information content (AvgIpc) is 3.30. The highest BCUT2D eigenvalue weighted by molar-refractivity contribution is 6.30. The molecular formula is C20H17ClN4O2. The summed E-state index contributed by atoms with van der Waals surface area (Å²) >= 11 is 6.02. The molecule has 0 atom stereocenters. The van der Waals surface area contributed by atoms with Gasteiger partial charge in [0, 0.05) is 29.7 Å². The van der Waals surface area contributed by atoms with Gasteiger partial charge in [-0.3, -0.25) is 9.89 Å². The fourth-order valence-corrected chi connectivity index (χ4v) is 3.06. The molecule has 2 N–H and O–H groups in total. The number of nitrogens with one attached hydrogen (secondary N) is 2. The van der Waals surface area contributed by atoms with Gasteiger partial charge in [0.25, 0.3) is 5.91 Å².